The van der Waals surface area contributed by atoms with E-state index in [1.807, 2.05) is 24.3 Å². The molecule has 3 atom stereocenters. The van der Waals surface area contributed by atoms with E-state index in [0.717, 1.165) is 16.7 Å². The van der Waals surface area contributed by atoms with Crippen molar-refractivity contribution in [3.05, 3.63) is 142 Å². The molecule has 57 heavy (non-hydrogen) atoms. The number of carbonyl (C=O) groups is 7. The number of benzene rings is 4. The quantitative estimate of drug-likeness (QED) is 0.105. The van der Waals surface area contributed by atoms with Gasteiger partial charge >= 0.3 is 11.9 Å². The molecule has 12 nitrogen and oxygen atoms in total. The Morgan fingerprint density at radius 3 is 1.54 bits per heavy atom. The van der Waals surface area contributed by atoms with Crippen LogP contribution in [0.5, 0.6) is 0 Å². The summed E-state index contributed by atoms with van der Waals surface area (Å²) in [7, 11) is 1.58. The Morgan fingerprint density at radius 2 is 1.09 bits per heavy atom. The molecule has 3 amide bonds. The molecule has 0 radical (unpaired) electrons. The van der Waals surface area contributed by atoms with E-state index in [1.165, 1.54) is 6.92 Å². The first-order valence-corrected chi connectivity index (χ1v) is 18.0. The van der Waals surface area contributed by atoms with Gasteiger partial charge in [0.05, 0.1) is 24.9 Å². The molecule has 5 N–H and O–H groups in total. The van der Waals surface area contributed by atoms with E-state index in [0.29, 0.717) is 22.3 Å². The van der Waals surface area contributed by atoms with E-state index in [-0.39, 0.29) is 25.3 Å². The van der Waals surface area contributed by atoms with Crippen LogP contribution in [0, 0.1) is 35.5 Å². The summed E-state index contributed by atoms with van der Waals surface area (Å²) in [5.41, 5.74) is 4.54. The second kappa shape index (κ2) is 21.0. The summed E-state index contributed by atoms with van der Waals surface area (Å²) in [5, 5.41) is 26.2. The number of carboxylic acids is 2. The van der Waals surface area contributed by atoms with Crippen molar-refractivity contribution in [3.63, 3.8) is 0 Å². The molecule has 4 rings (SSSR count). The summed E-state index contributed by atoms with van der Waals surface area (Å²) < 4.78 is 0. The molecule has 0 aliphatic rings. The van der Waals surface area contributed by atoms with Gasteiger partial charge in [0.2, 0.25) is 5.91 Å². The molecular weight excluding hydrogens is 727 g/mol. The Bertz CT molecular complexity index is 2230. The number of ketones is 2. The lowest BCUT2D eigenvalue weighted by Crippen LogP contribution is -2.46. The number of carbonyl (C=O) groups excluding carboxylic acids is 5. The second-order valence-electron chi connectivity index (χ2n) is 13.2. The zero-order valence-electron chi connectivity index (χ0n) is 31.3. The van der Waals surface area contributed by atoms with Crippen molar-refractivity contribution in [1.29, 1.82) is 0 Å². The molecule has 0 aliphatic heterocycles. The molecule has 4 aromatic rings. The van der Waals surface area contributed by atoms with Gasteiger partial charge in [-0.2, -0.15) is 0 Å². The molecule has 0 saturated heterocycles. The number of rotatable bonds is 16. The van der Waals surface area contributed by atoms with Crippen LogP contribution in [0.2, 0.25) is 0 Å². The Labute approximate surface area is 330 Å². The molecule has 0 bridgehead atoms. The van der Waals surface area contributed by atoms with E-state index in [1.54, 1.807) is 85.9 Å². The van der Waals surface area contributed by atoms with Crippen LogP contribution >= 0.6 is 0 Å². The van der Waals surface area contributed by atoms with Crippen LogP contribution in [0.25, 0.3) is 0 Å². The largest absolute Gasteiger partial charge is 0.481 e. The Hall–Kier alpha value is -7.31. The van der Waals surface area contributed by atoms with Gasteiger partial charge in [0.25, 0.3) is 11.8 Å². The zero-order chi connectivity index (χ0) is 41.3. The van der Waals surface area contributed by atoms with Crippen LogP contribution in [0.4, 0.5) is 0 Å². The molecule has 0 spiro atoms. The third-order valence-corrected chi connectivity index (χ3v) is 8.74. The van der Waals surface area contributed by atoms with Gasteiger partial charge in [0, 0.05) is 59.2 Å². The van der Waals surface area contributed by atoms with Crippen molar-refractivity contribution < 1.29 is 43.8 Å². The van der Waals surface area contributed by atoms with E-state index < -0.39 is 66.0 Å². The first-order chi connectivity index (χ1) is 27.3. The highest BCUT2D eigenvalue weighted by atomic mass is 16.4. The maximum absolute atomic E-state index is 13.1. The third-order valence-electron chi connectivity index (χ3n) is 8.74. The van der Waals surface area contributed by atoms with Crippen LogP contribution in [0.1, 0.15) is 74.7 Å². The van der Waals surface area contributed by atoms with Gasteiger partial charge in [-0.25, -0.2) is 0 Å². The van der Waals surface area contributed by atoms with Crippen molar-refractivity contribution in [2.75, 3.05) is 13.6 Å². The van der Waals surface area contributed by atoms with Crippen LogP contribution in [0.15, 0.2) is 103 Å². The lowest BCUT2D eigenvalue weighted by molar-refractivity contribution is -0.149. The summed E-state index contributed by atoms with van der Waals surface area (Å²) in [6.07, 6.45) is -1.56. The van der Waals surface area contributed by atoms with Gasteiger partial charge < -0.3 is 26.2 Å². The van der Waals surface area contributed by atoms with E-state index in [4.69, 9.17) is 5.11 Å². The molecule has 4 aromatic carbocycles. The molecule has 12 heteroatoms. The average Bonchev–Trinajstić information content (AvgIpc) is 3.21. The maximum Gasteiger partial charge on any atom is 0.307 e. The fourth-order valence-electron chi connectivity index (χ4n) is 5.52. The molecule has 0 fully saturated rings. The average molecular weight is 768 g/mol. The standard InChI is InChI=1S/C45H41N3O9/c1-29(42(53)48-39(25-34-6-4-3-5-7-34)40(50)26-37(45(56)57)27-41(51)52)24-38(49)28-47-44(55)36-22-18-33(19-23-36)15-13-31-10-8-30(9-11-31)12-14-32-16-20-35(21-17-32)43(54)46-2/h3-11,16-23,29,37,39H,24-28H2,1-2H3,(H,46,54)(H,47,55)(H,48,53)(H,51,52)(H,56,57)/t29-,37+,39+/m1/s1. The summed E-state index contributed by atoms with van der Waals surface area (Å²) in [4.78, 5) is 86.2. The van der Waals surface area contributed by atoms with Crippen LogP contribution in [-0.4, -0.2) is 71.1 Å². The molecule has 0 heterocycles. The van der Waals surface area contributed by atoms with Crippen molar-refractivity contribution >= 4 is 41.2 Å². The van der Waals surface area contributed by atoms with Gasteiger partial charge in [-0.3, -0.25) is 33.6 Å². The van der Waals surface area contributed by atoms with E-state index in [2.05, 4.69) is 39.6 Å². The first-order valence-electron chi connectivity index (χ1n) is 18.0. The lowest BCUT2D eigenvalue weighted by atomic mass is 9.92. The highest BCUT2D eigenvalue weighted by molar-refractivity contribution is 5.98. The monoisotopic (exact) mass is 767 g/mol. The Balaban J connectivity index is 1.27. The molecule has 290 valence electrons. The highest BCUT2D eigenvalue weighted by Crippen LogP contribution is 2.15. The van der Waals surface area contributed by atoms with Crippen LogP contribution in [-0.2, 0) is 30.4 Å². The summed E-state index contributed by atoms with van der Waals surface area (Å²) in [6, 6.07) is 28.5. The Kier molecular flexibility index (Phi) is 15.6. The normalized spacial score (nSPS) is 11.8. The Morgan fingerprint density at radius 1 is 0.614 bits per heavy atom. The minimum Gasteiger partial charge on any atom is -0.481 e. The van der Waals surface area contributed by atoms with Crippen molar-refractivity contribution in [1.82, 2.24) is 16.0 Å². The van der Waals surface area contributed by atoms with E-state index in [9.17, 15) is 38.7 Å². The van der Waals surface area contributed by atoms with E-state index >= 15 is 0 Å². The predicted molar refractivity (Wildman–Crippen MR) is 211 cm³/mol. The van der Waals surface area contributed by atoms with Crippen LogP contribution < -0.4 is 16.0 Å². The molecule has 0 unspecified atom stereocenters. The topological polar surface area (TPSA) is 196 Å². The number of aliphatic carboxylic acids is 2. The number of amides is 3. The van der Waals surface area contributed by atoms with Gasteiger partial charge in [0.15, 0.2) is 11.6 Å². The minimum atomic E-state index is -1.47. The van der Waals surface area contributed by atoms with Crippen molar-refractivity contribution in [2.24, 2.45) is 11.8 Å². The zero-order valence-corrected chi connectivity index (χ0v) is 31.3. The number of nitrogens with one attached hydrogen (secondary N) is 3. The van der Waals surface area contributed by atoms with Gasteiger partial charge in [0.1, 0.15) is 0 Å². The lowest BCUT2D eigenvalue weighted by Gasteiger charge is -2.21. The second-order valence-corrected chi connectivity index (χ2v) is 13.2. The van der Waals surface area contributed by atoms with Crippen LogP contribution in [0.3, 0.4) is 0 Å². The summed E-state index contributed by atoms with van der Waals surface area (Å²) in [6.45, 7) is 1.15. The smallest absolute Gasteiger partial charge is 0.307 e. The third kappa shape index (κ3) is 13.8. The van der Waals surface area contributed by atoms with Gasteiger partial charge in [-0.15, -0.1) is 0 Å². The maximum atomic E-state index is 13.1. The number of hydrogen-bond acceptors (Lipinski definition) is 7. The molecule has 0 aromatic heterocycles. The number of carboxylic acid groups (broad SMARTS) is 2. The highest BCUT2D eigenvalue weighted by Gasteiger charge is 2.30. The SMILES string of the molecule is CNC(=O)c1ccc(C#Cc2ccc(C#Cc3ccc(C(=O)NCC(=O)C[C@@H](C)C(=O)N[C@@H](Cc4ccccc4)C(=O)C[C@@H](CC(=O)O)C(=O)O)cc3)cc2)cc1. The fourth-order valence-corrected chi connectivity index (χ4v) is 5.52. The number of hydrogen-bond donors (Lipinski definition) is 5. The minimum absolute atomic E-state index is 0.0372. The number of Topliss-reactive ketones (excluding diaryl/α,β-unsaturated/α-hetero) is 2. The van der Waals surface area contributed by atoms with Gasteiger partial charge in [-0.05, 0) is 84.8 Å². The molecular formula is C45H41N3O9. The summed E-state index contributed by atoms with van der Waals surface area (Å²) in [5.74, 6) is 4.74. The van der Waals surface area contributed by atoms with Gasteiger partial charge in [-0.1, -0.05) is 60.9 Å². The molecule has 0 saturated carbocycles. The predicted octanol–water partition coefficient (Wildman–Crippen LogP) is 4.03. The first kappa shape index (κ1) is 42.4. The van der Waals surface area contributed by atoms with Crippen molar-refractivity contribution in [3.8, 4) is 23.7 Å². The molecule has 0 aliphatic carbocycles. The van der Waals surface area contributed by atoms with Crippen molar-refractivity contribution in [2.45, 2.75) is 38.6 Å². The summed E-state index contributed by atoms with van der Waals surface area (Å²) >= 11 is 0. The fraction of sp³-hybridized carbons (Fsp3) is 0.222.